The van der Waals surface area contributed by atoms with Gasteiger partial charge in [-0.2, -0.15) is 0 Å². The number of hydrogen-bond acceptors (Lipinski definition) is 4. The van der Waals surface area contributed by atoms with Crippen LogP contribution in [0.4, 0.5) is 4.79 Å². The minimum absolute atomic E-state index is 0.242. The zero-order chi connectivity index (χ0) is 13.9. The lowest BCUT2D eigenvalue weighted by Gasteiger charge is -2.20. The molecule has 19 heavy (non-hydrogen) atoms. The molecule has 2 aliphatic rings. The second kappa shape index (κ2) is 6.09. The summed E-state index contributed by atoms with van der Waals surface area (Å²) in [6.07, 6.45) is 4.35. The fraction of sp³-hybridized carbons (Fsp3) is 0.929. The minimum atomic E-state index is -0.422. The Morgan fingerprint density at radius 2 is 2.00 bits per heavy atom. The predicted molar refractivity (Wildman–Crippen MR) is 75.2 cm³/mol. The van der Waals surface area contributed by atoms with Gasteiger partial charge in [0.15, 0.2) is 0 Å². The van der Waals surface area contributed by atoms with E-state index >= 15 is 0 Å². The molecule has 1 amide bonds. The maximum Gasteiger partial charge on any atom is 0.407 e. The summed E-state index contributed by atoms with van der Waals surface area (Å²) in [5.41, 5.74) is -0.422. The molecule has 0 bridgehead atoms. The fourth-order valence-corrected chi connectivity index (χ4v) is 2.49. The number of ether oxygens (including phenoxy) is 1. The maximum absolute atomic E-state index is 11.6. The molecule has 0 spiro atoms. The Labute approximate surface area is 115 Å². The summed E-state index contributed by atoms with van der Waals surface area (Å²) in [6.45, 7) is 7.87. The second-order valence-corrected chi connectivity index (χ2v) is 6.64. The third-order valence-corrected chi connectivity index (χ3v) is 3.52. The standard InChI is InChI=1S/C14H27N3O2/c1-14(2,3)19-13(18)17-12-9-11(12)16-10-5-4-7-15-8-6-10/h10-12,15-16H,4-9H2,1-3H3,(H,17,18). The van der Waals surface area contributed by atoms with Crippen molar-refractivity contribution in [1.29, 1.82) is 0 Å². The average Bonchev–Trinajstić information content (AvgIpc) is 3.01. The van der Waals surface area contributed by atoms with Crippen LogP contribution in [0.2, 0.25) is 0 Å². The Balaban J connectivity index is 1.65. The van der Waals surface area contributed by atoms with Gasteiger partial charge in [0.2, 0.25) is 0 Å². The van der Waals surface area contributed by atoms with Crippen LogP contribution in [-0.2, 0) is 4.74 Å². The summed E-state index contributed by atoms with van der Waals surface area (Å²) in [6, 6.07) is 1.26. The molecule has 2 fully saturated rings. The first-order chi connectivity index (χ1) is 8.94. The van der Waals surface area contributed by atoms with Gasteiger partial charge in [-0.15, -0.1) is 0 Å². The summed E-state index contributed by atoms with van der Waals surface area (Å²) in [4.78, 5) is 11.6. The Hall–Kier alpha value is -0.810. The Morgan fingerprint density at radius 3 is 2.74 bits per heavy atom. The molecule has 2 rings (SSSR count). The van der Waals surface area contributed by atoms with Crippen molar-refractivity contribution in [3.8, 4) is 0 Å². The molecule has 0 radical (unpaired) electrons. The topological polar surface area (TPSA) is 62.4 Å². The first-order valence-electron chi connectivity index (χ1n) is 7.40. The zero-order valence-corrected chi connectivity index (χ0v) is 12.3. The molecule has 0 aromatic heterocycles. The summed E-state index contributed by atoms with van der Waals surface area (Å²) in [5, 5.41) is 9.98. The highest BCUT2D eigenvalue weighted by Gasteiger charge is 2.40. The van der Waals surface area contributed by atoms with E-state index in [1.54, 1.807) is 0 Å². The Morgan fingerprint density at radius 1 is 1.21 bits per heavy atom. The van der Waals surface area contributed by atoms with Crippen LogP contribution < -0.4 is 16.0 Å². The number of nitrogens with one attached hydrogen (secondary N) is 3. The molecular weight excluding hydrogens is 242 g/mol. The molecule has 3 atom stereocenters. The number of carbonyl (C=O) groups is 1. The lowest BCUT2D eigenvalue weighted by atomic mass is 10.1. The molecule has 110 valence electrons. The van der Waals surface area contributed by atoms with Gasteiger partial charge in [-0.3, -0.25) is 0 Å². The van der Waals surface area contributed by atoms with Gasteiger partial charge in [0.1, 0.15) is 5.60 Å². The van der Waals surface area contributed by atoms with E-state index in [0.717, 1.165) is 19.5 Å². The van der Waals surface area contributed by atoms with Gasteiger partial charge in [-0.05, 0) is 59.5 Å². The summed E-state index contributed by atoms with van der Waals surface area (Å²) < 4.78 is 5.26. The van der Waals surface area contributed by atoms with Crippen molar-refractivity contribution in [2.24, 2.45) is 0 Å². The van der Waals surface area contributed by atoms with E-state index in [4.69, 9.17) is 4.74 Å². The summed E-state index contributed by atoms with van der Waals surface area (Å²) in [7, 11) is 0. The van der Waals surface area contributed by atoms with Crippen LogP contribution in [0.5, 0.6) is 0 Å². The van der Waals surface area contributed by atoms with Crippen molar-refractivity contribution < 1.29 is 9.53 Å². The van der Waals surface area contributed by atoms with Crippen LogP contribution in [0.15, 0.2) is 0 Å². The molecule has 0 aromatic rings. The van der Waals surface area contributed by atoms with Crippen molar-refractivity contribution in [2.45, 2.75) is 70.2 Å². The van der Waals surface area contributed by atoms with Crippen LogP contribution in [0.3, 0.4) is 0 Å². The summed E-state index contributed by atoms with van der Waals surface area (Å²) >= 11 is 0. The second-order valence-electron chi connectivity index (χ2n) is 6.64. The quantitative estimate of drug-likeness (QED) is 0.724. The highest BCUT2D eigenvalue weighted by molar-refractivity contribution is 5.68. The predicted octanol–water partition coefficient (Wildman–Crippen LogP) is 1.38. The number of rotatable bonds is 3. The average molecular weight is 269 g/mol. The third-order valence-electron chi connectivity index (χ3n) is 3.52. The molecule has 1 aliphatic heterocycles. The molecule has 1 saturated carbocycles. The number of alkyl carbamates (subject to hydrolysis) is 1. The van der Waals surface area contributed by atoms with E-state index in [0.29, 0.717) is 12.1 Å². The van der Waals surface area contributed by atoms with Gasteiger partial charge in [-0.1, -0.05) is 0 Å². The van der Waals surface area contributed by atoms with Crippen molar-refractivity contribution in [3.63, 3.8) is 0 Å². The minimum Gasteiger partial charge on any atom is -0.444 e. The molecule has 5 nitrogen and oxygen atoms in total. The van der Waals surface area contributed by atoms with Crippen molar-refractivity contribution in [3.05, 3.63) is 0 Å². The molecule has 1 heterocycles. The Kier molecular flexibility index (Phi) is 4.68. The van der Waals surface area contributed by atoms with Gasteiger partial charge in [-0.25, -0.2) is 4.79 Å². The van der Waals surface area contributed by atoms with Gasteiger partial charge >= 0.3 is 6.09 Å². The first kappa shape index (κ1) is 14.6. The van der Waals surface area contributed by atoms with Crippen LogP contribution in [-0.4, -0.2) is 42.9 Å². The van der Waals surface area contributed by atoms with Crippen LogP contribution in [0, 0.1) is 0 Å². The summed E-state index contributed by atoms with van der Waals surface area (Å²) in [5.74, 6) is 0. The van der Waals surface area contributed by atoms with Crippen molar-refractivity contribution >= 4 is 6.09 Å². The van der Waals surface area contributed by atoms with E-state index in [1.165, 1.54) is 19.3 Å². The van der Waals surface area contributed by atoms with Crippen LogP contribution >= 0.6 is 0 Å². The maximum atomic E-state index is 11.6. The van der Waals surface area contributed by atoms with Crippen molar-refractivity contribution in [1.82, 2.24) is 16.0 Å². The molecule has 3 unspecified atom stereocenters. The Bertz CT molecular complexity index is 306. The largest absolute Gasteiger partial charge is 0.444 e. The van der Waals surface area contributed by atoms with Crippen LogP contribution in [0.1, 0.15) is 46.5 Å². The highest BCUT2D eigenvalue weighted by Crippen LogP contribution is 2.24. The van der Waals surface area contributed by atoms with Crippen LogP contribution in [0.25, 0.3) is 0 Å². The third kappa shape index (κ3) is 5.37. The van der Waals surface area contributed by atoms with Gasteiger partial charge in [0, 0.05) is 18.1 Å². The molecule has 0 aromatic carbocycles. The zero-order valence-electron chi connectivity index (χ0n) is 12.3. The van der Waals surface area contributed by atoms with E-state index in [1.807, 2.05) is 20.8 Å². The highest BCUT2D eigenvalue weighted by atomic mass is 16.6. The number of carbonyl (C=O) groups excluding carboxylic acids is 1. The number of hydrogen-bond donors (Lipinski definition) is 3. The van der Waals surface area contributed by atoms with E-state index in [-0.39, 0.29) is 12.1 Å². The van der Waals surface area contributed by atoms with Gasteiger partial charge < -0.3 is 20.7 Å². The monoisotopic (exact) mass is 269 g/mol. The lowest BCUT2D eigenvalue weighted by molar-refractivity contribution is 0.0521. The normalized spacial score (nSPS) is 31.4. The number of amides is 1. The molecular formula is C14H27N3O2. The van der Waals surface area contributed by atoms with Gasteiger partial charge in [0.25, 0.3) is 0 Å². The molecule has 5 heteroatoms. The van der Waals surface area contributed by atoms with Crippen molar-refractivity contribution in [2.75, 3.05) is 13.1 Å². The SMILES string of the molecule is CC(C)(C)OC(=O)NC1CC1NC1CCCNCC1. The lowest BCUT2D eigenvalue weighted by Crippen LogP contribution is -2.39. The van der Waals surface area contributed by atoms with E-state index in [2.05, 4.69) is 16.0 Å². The fourth-order valence-electron chi connectivity index (χ4n) is 2.49. The molecule has 3 N–H and O–H groups in total. The van der Waals surface area contributed by atoms with E-state index < -0.39 is 5.60 Å². The smallest absolute Gasteiger partial charge is 0.407 e. The molecule has 1 aliphatic carbocycles. The molecule has 1 saturated heterocycles. The van der Waals surface area contributed by atoms with Gasteiger partial charge in [0.05, 0.1) is 0 Å². The van der Waals surface area contributed by atoms with E-state index in [9.17, 15) is 4.79 Å². The first-order valence-corrected chi connectivity index (χ1v) is 7.40.